The van der Waals surface area contributed by atoms with Crippen LogP contribution in [-0.2, 0) is 0 Å². The van der Waals surface area contributed by atoms with Crippen LogP contribution in [0.2, 0.25) is 5.02 Å². The molecule has 0 heterocycles. The molecule has 0 bridgehead atoms. The van der Waals surface area contributed by atoms with Gasteiger partial charge in [0, 0.05) is 23.7 Å². The first-order valence-electron chi connectivity index (χ1n) is 7.79. The van der Waals surface area contributed by atoms with E-state index in [1.807, 2.05) is 12.1 Å². The van der Waals surface area contributed by atoms with Crippen LogP contribution in [0.5, 0.6) is 0 Å². The summed E-state index contributed by atoms with van der Waals surface area (Å²) in [5.41, 5.74) is 7.62. The Bertz CT molecular complexity index is 421. The molecule has 3 unspecified atom stereocenters. The van der Waals surface area contributed by atoms with Gasteiger partial charge in [-0.15, -0.1) is 0 Å². The van der Waals surface area contributed by atoms with Crippen molar-refractivity contribution in [1.82, 2.24) is 4.90 Å². The lowest BCUT2D eigenvalue weighted by Gasteiger charge is -2.31. The molecule has 1 aromatic rings. The summed E-state index contributed by atoms with van der Waals surface area (Å²) in [4.78, 5) is 2.42. The molecule has 0 amide bonds. The molecule has 2 nitrogen and oxygen atoms in total. The van der Waals surface area contributed by atoms with Gasteiger partial charge in [-0.2, -0.15) is 0 Å². The van der Waals surface area contributed by atoms with Gasteiger partial charge in [-0.1, -0.05) is 43.0 Å². The van der Waals surface area contributed by atoms with Gasteiger partial charge < -0.3 is 5.73 Å². The van der Waals surface area contributed by atoms with Crippen LogP contribution >= 0.6 is 11.6 Å². The van der Waals surface area contributed by atoms with E-state index in [-0.39, 0.29) is 0 Å². The summed E-state index contributed by atoms with van der Waals surface area (Å²) in [6.45, 7) is 3.32. The van der Waals surface area contributed by atoms with E-state index in [0.29, 0.717) is 18.0 Å². The minimum Gasteiger partial charge on any atom is -0.327 e. The van der Waals surface area contributed by atoms with Crippen molar-refractivity contribution >= 4 is 11.6 Å². The second-order valence-electron chi connectivity index (χ2n) is 6.23. The van der Waals surface area contributed by atoms with Gasteiger partial charge in [0.1, 0.15) is 0 Å². The highest BCUT2D eigenvalue weighted by Crippen LogP contribution is 2.27. The number of benzene rings is 1. The molecule has 1 aromatic carbocycles. The summed E-state index contributed by atoms with van der Waals surface area (Å²) in [7, 11) is 2.20. The molecule has 3 atom stereocenters. The van der Waals surface area contributed by atoms with Crippen LogP contribution in [0.25, 0.3) is 0 Å². The molecule has 0 spiro atoms. The van der Waals surface area contributed by atoms with Crippen molar-refractivity contribution in [2.75, 3.05) is 13.6 Å². The zero-order chi connectivity index (χ0) is 14.5. The smallest absolute Gasteiger partial charge is 0.0409 e. The van der Waals surface area contributed by atoms with E-state index < -0.39 is 0 Å². The molecule has 1 aliphatic rings. The summed E-state index contributed by atoms with van der Waals surface area (Å²) in [5, 5.41) is 0.814. The van der Waals surface area contributed by atoms with Gasteiger partial charge in [0.15, 0.2) is 0 Å². The number of nitrogens with zero attached hydrogens (tertiary/aromatic N) is 1. The summed E-state index contributed by atoms with van der Waals surface area (Å²) in [6, 6.07) is 8.92. The van der Waals surface area contributed by atoms with Crippen LogP contribution in [0.4, 0.5) is 0 Å². The molecule has 0 aromatic heterocycles. The quantitative estimate of drug-likeness (QED) is 0.842. The third kappa shape index (κ3) is 4.21. The first kappa shape index (κ1) is 15.8. The van der Waals surface area contributed by atoms with Gasteiger partial charge in [0.05, 0.1) is 0 Å². The SMILES string of the molecule is CC(c1cccc(Cl)c1)N(C)CC1CCCCCC1N. The average molecular weight is 295 g/mol. The number of nitrogens with two attached hydrogens (primary N) is 1. The van der Waals surface area contributed by atoms with E-state index in [9.17, 15) is 0 Å². The van der Waals surface area contributed by atoms with Crippen molar-refractivity contribution in [3.63, 3.8) is 0 Å². The predicted molar refractivity (Wildman–Crippen MR) is 87.0 cm³/mol. The van der Waals surface area contributed by atoms with E-state index >= 15 is 0 Å². The Balaban J connectivity index is 1.97. The van der Waals surface area contributed by atoms with E-state index in [2.05, 4.69) is 31.0 Å². The van der Waals surface area contributed by atoms with Crippen molar-refractivity contribution < 1.29 is 0 Å². The minimum absolute atomic E-state index is 0.367. The zero-order valence-electron chi connectivity index (χ0n) is 12.7. The molecule has 1 fully saturated rings. The maximum absolute atomic E-state index is 6.34. The predicted octanol–water partition coefficient (Wildman–Crippen LogP) is 4.24. The van der Waals surface area contributed by atoms with E-state index in [0.717, 1.165) is 11.6 Å². The van der Waals surface area contributed by atoms with E-state index in [1.54, 1.807) is 0 Å². The second kappa shape index (κ2) is 7.44. The lowest BCUT2D eigenvalue weighted by atomic mass is 9.94. The topological polar surface area (TPSA) is 29.3 Å². The van der Waals surface area contributed by atoms with Crippen LogP contribution in [0, 0.1) is 5.92 Å². The molecule has 3 heteroatoms. The molecule has 0 saturated heterocycles. The standard InChI is InChI=1S/C17H27ClN2/c1-13(14-8-6-9-16(18)11-14)20(2)12-15-7-4-3-5-10-17(15)19/h6,8-9,11,13,15,17H,3-5,7,10,12,19H2,1-2H3. The normalized spacial score (nSPS) is 25.4. The molecule has 0 radical (unpaired) electrons. The zero-order valence-corrected chi connectivity index (χ0v) is 13.4. The van der Waals surface area contributed by atoms with Crippen LogP contribution in [-0.4, -0.2) is 24.5 Å². The number of hydrogen-bond donors (Lipinski definition) is 1. The molecule has 2 rings (SSSR count). The van der Waals surface area contributed by atoms with Crippen molar-refractivity contribution in [2.24, 2.45) is 11.7 Å². The number of halogens is 1. The second-order valence-corrected chi connectivity index (χ2v) is 6.67. The Labute approximate surface area is 128 Å². The van der Waals surface area contributed by atoms with Crippen molar-refractivity contribution in [1.29, 1.82) is 0 Å². The lowest BCUT2D eigenvalue weighted by molar-refractivity contribution is 0.197. The van der Waals surface area contributed by atoms with Crippen LogP contribution in [0.15, 0.2) is 24.3 Å². The molecule has 2 N–H and O–H groups in total. The third-order valence-electron chi connectivity index (χ3n) is 4.73. The summed E-state index contributed by atoms with van der Waals surface area (Å²) in [6.07, 6.45) is 6.43. The molecule has 1 aliphatic carbocycles. The van der Waals surface area contributed by atoms with Gasteiger partial charge >= 0.3 is 0 Å². The van der Waals surface area contributed by atoms with Crippen molar-refractivity contribution in [3.8, 4) is 0 Å². The molecule has 1 saturated carbocycles. The average Bonchev–Trinajstić information content (AvgIpc) is 2.63. The fraction of sp³-hybridized carbons (Fsp3) is 0.647. The van der Waals surface area contributed by atoms with E-state index in [1.165, 1.54) is 37.7 Å². The molecular formula is C17H27ClN2. The van der Waals surface area contributed by atoms with Crippen LogP contribution < -0.4 is 5.73 Å². The maximum Gasteiger partial charge on any atom is 0.0409 e. The molecular weight excluding hydrogens is 268 g/mol. The Morgan fingerprint density at radius 1 is 1.30 bits per heavy atom. The van der Waals surface area contributed by atoms with Crippen molar-refractivity contribution in [3.05, 3.63) is 34.9 Å². The monoisotopic (exact) mass is 294 g/mol. The Hall–Kier alpha value is -0.570. The Kier molecular flexibility index (Phi) is 5.88. The van der Waals surface area contributed by atoms with E-state index in [4.69, 9.17) is 17.3 Å². The van der Waals surface area contributed by atoms with Gasteiger partial charge in [-0.25, -0.2) is 0 Å². The largest absolute Gasteiger partial charge is 0.327 e. The first-order valence-corrected chi connectivity index (χ1v) is 8.17. The van der Waals surface area contributed by atoms with Gasteiger partial charge in [0.25, 0.3) is 0 Å². The molecule has 112 valence electrons. The number of hydrogen-bond acceptors (Lipinski definition) is 2. The Morgan fingerprint density at radius 2 is 2.05 bits per heavy atom. The maximum atomic E-state index is 6.34. The van der Waals surface area contributed by atoms with Gasteiger partial charge in [-0.05, 0) is 50.4 Å². The highest BCUT2D eigenvalue weighted by molar-refractivity contribution is 6.30. The molecule has 20 heavy (non-hydrogen) atoms. The van der Waals surface area contributed by atoms with Crippen LogP contribution in [0.1, 0.15) is 50.6 Å². The van der Waals surface area contributed by atoms with Gasteiger partial charge in [0.2, 0.25) is 0 Å². The fourth-order valence-electron chi connectivity index (χ4n) is 3.19. The third-order valence-corrected chi connectivity index (χ3v) is 4.97. The van der Waals surface area contributed by atoms with Crippen molar-refractivity contribution in [2.45, 2.75) is 51.1 Å². The van der Waals surface area contributed by atoms with Gasteiger partial charge in [-0.3, -0.25) is 4.90 Å². The summed E-state index contributed by atoms with van der Waals surface area (Å²) >= 11 is 6.09. The minimum atomic E-state index is 0.367. The highest BCUT2D eigenvalue weighted by atomic mass is 35.5. The fourth-order valence-corrected chi connectivity index (χ4v) is 3.39. The summed E-state index contributed by atoms with van der Waals surface area (Å²) in [5.74, 6) is 0.629. The lowest BCUT2D eigenvalue weighted by Crippen LogP contribution is -2.38. The summed E-state index contributed by atoms with van der Waals surface area (Å²) < 4.78 is 0. The first-order chi connectivity index (χ1) is 9.58. The highest BCUT2D eigenvalue weighted by Gasteiger charge is 2.23. The number of rotatable bonds is 4. The van der Waals surface area contributed by atoms with Crippen LogP contribution in [0.3, 0.4) is 0 Å². The Morgan fingerprint density at radius 3 is 2.80 bits per heavy atom. The molecule has 0 aliphatic heterocycles.